The Morgan fingerprint density at radius 2 is 1.38 bits per heavy atom. The van der Waals surface area contributed by atoms with Gasteiger partial charge in [0.05, 0.1) is 6.10 Å². The molecule has 0 aliphatic carbocycles. The lowest BCUT2D eigenvalue weighted by Gasteiger charge is -2.34. The standard InChI is InChI=1S/C38H49FN4O4/c1-6-38(40,7-2)23-11-14-35(45)42(4)34(25-28-15-19-31(20-16-28)30-12-9-8-10-13-30)37(47)43(5)33(36(46)41-26-27(3)44)24-29-17-21-32(39)22-18-29/h8-22,27,33-34,44H,6-7,23-26,40H2,1-5H3,(H,41,46)/b14-11+/t27-,33-,34-/m1/s1. The maximum atomic E-state index is 14.3. The van der Waals surface area contributed by atoms with Gasteiger partial charge in [-0.15, -0.1) is 0 Å². The monoisotopic (exact) mass is 644 g/mol. The number of aliphatic hydroxyl groups is 1. The van der Waals surface area contributed by atoms with Crippen molar-refractivity contribution in [3.63, 3.8) is 0 Å². The fourth-order valence-electron chi connectivity index (χ4n) is 5.29. The molecule has 252 valence electrons. The third-order valence-electron chi connectivity index (χ3n) is 8.82. The molecular weight excluding hydrogens is 595 g/mol. The third kappa shape index (κ3) is 10.9. The Morgan fingerprint density at radius 1 is 0.851 bits per heavy atom. The molecule has 3 atom stereocenters. The number of hydrogen-bond donors (Lipinski definition) is 3. The van der Waals surface area contributed by atoms with Gasteiger partial charge in [0.2, 0.25) is 17.7 Å². The number of rotatable bonds is 16. The molecular formula is C38H49FN4O4. The number of halogens is 1. The normalized spacial score (nSPS) is 13.5. The third-order valence-corrected chi connectivity index (χ3v) is 8.82. The molecule has 0 aliphatic heterocycles. The van der Waals surface area contributed by atoms with E-state index in [9.17, 15) is 23.9 Å². The molecule has 3 aromatic carbocycles. The van der Waals surface area contributed by atoms with Crippen molar-refractivity contribution in [2.45, 2.75) is 76.6 Å². The number of carbonyl (C=O) groups is 3. The summed E-state index contributed by atoms with van der Waals surface area (Å²) in [5, 5.41) is 12.5. The summed E-state index contributed by atoms with van der Waals surface area (Å²) in [4.78, 5) is 44.0. The highest BCUT2D eigenvalue weighted by atomic mass is 19.1. The van der Waals surface area contributed by atoms with E-state index >= 15 is 0 Å². The SMILES string of the molecule is CCC(N)(CC)C/C=C/C(=O)N(C)[C@H](Cc1ccc(-c2ccccc2)cc1)C(=O)N(C)[C@H](Cc1ccc(F)cc1)C(=O)NC[C@@H](C)O. The van der Waals surface area contributed by atoms with E-state index in [1.54, 1.807) is 32.2 Å². The molecule has 0 saturated heterocycles. The molecule has 3 rings (SSSR count). The molecule has 0 radical (unpaired) electrons. The van der Waals surface area contributed by atoms with Gasteiger partial charge < -0.3 is 26.0 Å². The van der Waals surface area contributed by atoms with Gasteiger partial charge in [0, 0.05) is 39.0 Å². The summed E-state index contributed by atoms with van der Waals surface area (Å²) < 4.78 is 13.7. The molecule has 0 saturated carbocycles. The van der Waals surface area contributed by atoms with Gasteiger partial charge in [0.15, 0.2) is 0 Å². The molecule has 3 amide bonds. The minimum absolute atomic E-state index is 0.000684. The number of nitrogens with one attached hydrogen (secondary N) is 1. The average Bonchev–Trinajstić information content (AvgIpc) is 3.08. The molecule has 0 heterocycles. The van der Waals surface area contributed by atoms with Crippen LogP contribution in [-0.4, -0.2) is 77.0 Å². The van der Waals surface area contributed by atoms with Crippen molar-refractivity contribution in [3.05, 3.63) is 108 Å². The summed E-state index contributed by atoms with van der Waals surface area (Å²) in [5.74, 6) is -1.68. The number of aliphatic hydroxyl groups excluding tert-OH is 1. The van der Waals surface area contributed by atoms with Gasteiger partial charge >= 0.3 is 0 Å². The van der Waals surface area contributed by atoms with Gasteiger partial charge in [-0.05, 0) is 66.6 Å². The number of likely N-dealkylation sites (N-methyl/N-ethyl adjacent to an activating group) is 2. The van der Waals surface area contributed by atoms with Crippen LogP contribution < -0.4 is 11.1 Å². The summed E-state index contributed by atoms with van der Waals surface area (Å²) >= 11 is 0. The van der Waals surface area contributed by atoms with Crippen molar-refractivity contribution in [1.82, 2.24) is 15.1 Å². The van der Waals surface area contributed by atoms with Crippen LogP contribution in [0.15, 0.2) is 91.0 Å². The van der Waals surface area contributed by atoms with Gasteiger partial charge in [-0.3, -0.25) is 14.4 Å². The van der Waals surface area contributed by atoms with Gasteiger partial charge in [-0.1, -0.05) is 86.7 Å². The smallest absolute Gasteiger partial charge is 0.246 e. The first-order valence-corrected chi connectivity index (χ1v) is 16.2. The van der Waals surface area contributed by atoms with Crippen LogP contribution in [0.2, 0.25) is 0 Å². The van der Waals surface area contributed by atoms with Crippen LogP contribution in [-0.2, 0) is 27.2 Å². The average molecular weight is 645 g/mol. The second-order valence-electron chi connectivity index (χ2n) is 12.3. The zero-order chi connectivity index (χ0) is 34.6. The number of amides is 3. The first kappa shape index (κ1) is 37.1. The maximum Gasteiger partial charge on any atom is 0.246 e. The van der Waals surface area contributed by atoms with E-state index in [-0.39, 0.29) is 25.3 Å². The minimum atomic E-state index is -0.985. The topological polar surface area (TPSA) is 116 Å². The first-order chi connectivity index (χ1) is 22.4. The quantitative estimate of drug-likeness (QED) is 0.192. The summed E-state index contributed by atoms with van der Waals surface area (Å²) in [5.41, 5.74) is 9.59. The van der Waals surface area contributed by atoms with Crippen LogP contribution in [0.25, 0.3) is 11.1 Å². The van der Waals surface area contributed by atoms with E-state index < -0.39 is 41.4 Å². The van der Waals surface area contributed by atoms with Crippen molar-refractivity contribution >= 4 is 17.7 Å². The second-order valence-corrected chi connectivity index (χ2v) is 12.3. The maximum absolute atomic E-state index is 14.3. The minimum Gasteiger partial charge on any atom is -0.392 e. The molecule has 8 nitrogen and oxygen atoms in total. The highest BCUT2D eigenvalue weighted by molar-refractivity contribution is 5.95. The van der Waals surface area contributed by atoms with Crippen LogP contribution >= 0.6 is 0 Å². The lowest BCUT2D eigenvalue weighted by Crippen LogP contribution is -2.56. The van der Waals surface area contributed by atoms with Crippen LogP contribution in [0.4, 0.5) is 4.39 Å². The highest BCUT2D eigenvalue weighted by Gasteiger charge is 2.35. The first-order valence-electron chi connectivity index (χ1n) is 16.2. The Hall–Kier alpha value is -4.34. The van der Waals surface area contributed by atoms with E-state index in [0.29, 0.717) is 12.0 Å². The summed E-state index contributed by atoms with van der Waals surface area (Å²) in [6, 6.07) is 21.6. The van der Waals surface area contributed by atoms with Crippen molar-refractivity contribution in [1.29, 1.82) is 0 Å². The fraction of sp³-hybridized carbons (Fsp3) is 0.395. The lowest BCUT2D eigenvalue weighted by atomic mass is 9.90. The molecule has 0 aliphatic rings. The summed E-state index contributed by atoms with van der Waals surface area (Å²) in [6.45, 7) is 5.57. The van der Waals surface area contributed by atoms with E-state index in [1.807, 2.05) is 68.4 Å². The zero-order valence-corrected chi connectivity index (χ0v) is 28.2. The van der Waals surface area contributed by atoms with Crippen molar-refractivity contribution in [2.24, 2.45) is 5.73 Å². The van der Waals surface area contributed by atoms with Gasteiger partial charge in [-0.2, -0.15) is 0 Å². The lowest BCUT2D eigenvalue weighted by molar-refractivity contribution is -0.146. The number of nitrogens with zero attached hydrogens (tertiary/aromatic N) is 2. The predicted molar refractivity (Wildman–Crippen MR) is 185 cm³/mol. The number of carbonyl (C=O) groups excluding carboxylic acids is 3. The highest BCUT2D eigenvalue weighted by Crippen LogP contribution is 2.22. The Bertz CT molecular complexity index is 1470. The number of nitrogens with two attached hydrogens (primary N) is 1. The Balaban J connectivity index is 1.94. The Labute approximate surface area is 278 Å². The van der Waals surface area contributed by atoms with E-state index in [1.165, 1.54) is 35.1 Å². The van der Waals surface area contributed by atoms with Crippen molar-refractivity contribution in [2.75, 3.05) is 20.6 Å². The molecule has 4 N–H and O–H groups in total. The molecule has 0 aromatic heterocycles. The van der Waals surface area contributed by atoms with Crippen molar-refractivity contribution < 1.29 is 23.9 Å². The predicted octanol–water partition coefficient (Wildman–Crippen LogP) is 4.89. The van der Waals surface area contributed by atoms with E-state index in [4.69, 9.17) is 5.73 Å². The largest absolute Gasteiger partial charge is 0.392 e. The summed E-state index contributed by atoms with van der Waals surface area (Å²) in [7, 11) is 3.11. The zero-order valence-electron chi connectivity index (χ0n) is 28.2. The van der Waals surface area contributed by atoms with E-state index in [2.05, 4.69) is 5.32 Å². The molecule has 47 heavy (non-hydrogen) atoms. The molecule has 0 spiro atoms. The Kier molecular flexibility index (Phi) is 13.9. The fourth-order valence-corrected chi connectivity index (χ4v) is 5.29. The van der Waals surface area contributed by atoms with Crippen LogP contribution in [0.5, 0.6) is 0 Å². The molecule has 0 fully saturated rings. The van der Waals surface area contributed by atoms with Crippen LogP contribution in [0.1, 0.15) is 51.2 Å². The van der Waals surface area contributed by atoms with Gasteiger partial charge in [-0.25, -0.2) is 4.39 Å². The second kappa shape index (κ2) is 17.5. The summed E-state index contributed by atoms with van der Waals surface area (Å²) in [6.07, 6.45) is 4.77. The number of benzene rings is 3. The van der Waals surface area contributed by atoms with Crippen LogP contribution in [0, 0.1) is 5.82 Å². The van der Waals surface area contributed by atoms with Crippen LogP contribution in [0.3, 0.4) is 0 Å². The van der Waals surface area contributed by atoms with Gasteiger partial charge in [0.1, 0.15) is 17.9 Å². The van der Waals surface area contributed by atoms with Crippen molar-refractivity contribution in [3.8, 4) is 11.1 Å². The molecule has 0 unspecified atom stereocenters. The molecule has 0 bridgehead atoms. The van der Waals surface area contributed by atoms with E-state index in [0.717, 1.165) is 29.5 Å². The molecule has 9 heteroatoms. The number of hydrogen-bond acceptors (Lipinski definition) is 5. The van der Waals surface area contributed by atoms with Gasteiger partial charge in [0.25, 0.3) is 0 Å². The Morgan fingerprint density at radius 3 is 1.94 bits per heavy atom. The molecule has 3 aromatic rings.